The zero-order valence-electron chi connectivity index (χ0n) is 19.6. The second-order valence-corrected chi connectivity index (χ2v) is 9.56. The van der Waals surface area contributed by atoms with Crippen molar-refractivity contribution in [2.24, 2.45) is 11.8 Å². The van der Waals surface area contributed by atoms with Crippen molar-refractivity contribution in [3.8, 4) is 0 Å². The minimum atomic E-state index is -4.36. The van der Waals surface area contributed by atoms with E-state index >= 15 is 0 Å². The molecule has 2 aliphatic rings. The summed E-state index contributed by atoms with van der Waals surface area (Å²) in [5, 5.41) is 9.34. The van der Waals surface area contributed by atoms with Crippen molar-refractivity contribution >= 4 is 17.4 Å². The highest BCUT2D eigenvalue weighted by Crippen LogP contribution is 2.32. The van der Waals surface area contributed by atoms with Crippen LogP contribution in [0.2, 0.25) is 0 Å². The summed E-state index contributed by atoms with van der Waals surface area (Å²) in [5.74, 6) is -1.06. The molecule has 2 aliphatic heterocycles. The van der Waals surface area contributed by atoms with Gasteiger partial charge in [-0.05, 0) is 75.0 Å². The Morgan fingerprint density at radius 1 is 0.857 bits per heavy atom. The van der Waals surface area contributed by atoms with Crippen molar-refractivity contribution in [1.82, 2.24) is 4.90 Å². The number of carbonyl (C=O) groups is 2. The summed E-state index contributed by atoms with van der Waals surface area (Å²) in [7, 11) is 0. The lowest BCUT2D eigenvalue weighted by Crippen LogP contribution is -2.51. The molecule has 1 atom stereocenters. The number of Topliss-reactive ketones (excluding diaryl/α,β-unsaturated/α-hetero) is 1. The predicted molar refractivity (Wildman–Crippen MR) is 127 cm³/mol. The smallest absolute Gasteiger partial charge is 0.416 e. The van der Waals surface area contributed by atoms with Gasteiger partial charge in [-0.25, -0.2) is 0 Å². The monoisotopic (exact) mass is 488 g/mol. The average molecular weight is 489 g/mol. The first-order valence-electron chi connectivity index (χ1n) is 12.2. The molecule has 188 valence electrons. The van der Waals surface area contributed by atoms with Crippen molar-refractivity contribution < 1.29 is 27.9 Å². The van der Waals surface area contributed by atoms with Gasteiger partial charge in [0.05, 0.1) is 17.5 Å². The van der Waals surface area contributed by atoms with Gasteiger partial charge in [0.15, 0.2) is 5.78 Å². The van der Waals surface area contributed by atoms with Crippen molar-refractivity contribution in [3.05, 3.63) is 65.7 Å². The number of hydrogen-bond donors (Lipinski definition) is 1. The van der Waals surface area contributed by atoms with E-state index in [4.69, 9.17) is 0 Å². The number of aliphatic carboxylic acids is 1. The van der Waals surface area contributed by atoms with Crippen LogP contribution in [0.1, 0.15) is 36.8 Å². The van der Waals surface area contributed by atoms with Crippen LogP contribution in [0, 0.1) is 11.8 Å². The minimum Gasteiger partial charge on any atom is -0.481 e. The third-order valence-corrected chi connectivity index (χ3v) is 7.38. The van der Waals surface area contributed by atoms with E-state index in [9.17, 15) is 27.9 Å². The van der Waals surface area contributed by atoms with Gasteiger partial charge in [-0.15, -0.1) is 0 Å². The molecule has 0 aromatic heterocycles. The molecule has 35 heavy (non-hydrogen) atoms. The van der Waals surface area contributed by atoms with Crippen LogP contribution < -0.4 is 4.90 Å². The maximum Gasteiger partial charge on any atom is 0.416 e. The number of ketones is 1. The molecule has 2 heterocycles. The molecule has 1 unspecified atom stereocenters. The van der Waals surface area contributed by atoms with Gasteiger partial charge in [-0.2, -0.15) is 13.2 Å². The summed E-state index contributed by atoms with van der Waals surface area (Å²) in [6.45, 7) is 2.40. The molecule has 2 saturated heterocycles. The topological polar surface area (TPSA) is 60.9 Å². The van der Waals surface area contributed by atoms with E-state index in [1.807, 2.05) is 35.2 Å². The van der Waals surface area contributed by atoms with Gasteiger partial charge in [0.1, 0.15) is 0 Å². The zero-order chi connectivity index (χ0) is 25.0. The van der Waals surface area contributed by atoms with Crippen LogP contribution in [0.25, 0.3) is 0 Å². The first-order chi connectivity index (χ1) is 16.7. The molecular formula is C27H31F3N2O3. The lowest BCUT2D eigenvalue weighted by molar-refractivity contribution is -0.144. The number of hydrogen-bond acceptors (Lipinski definition) is 4. The summed E-state index contributed by atoms with van der Waals surface area (Å²) < 4.78 is 38.6. The molecule has 5 nitrogen and oxygen atoms in total. The quantitative estimate of drug-likeness (QED) is 0.601. The lowest BCUT2D eigenvalue weighted by Gasteiger charge is -2.39. The Labute approximate surface area is 203 Å². The molecule has 0 aliphatic carbocycles. The number of nitrogens with zero attached hydrogens (tertiary/aromatic N) is 2. The third-order valence-electron chi connectivity index (χ3n) is 7.38. The standard InChI is InChI=1S/C27H31F3N2O3/c28-27(29,30)22-6-8-23(9-7-22)31-14-10-20(11-15-31)25(33)24(18-19-4-2-1-3-5-19)32-16-12-21(13-17-32)26(34)35/h1-9,20-21,24H,10-18H2,(H,34,35). The fraction of sp³-hybridized carbons (Fsp3) is 0.481. The first kappa shape index (κ1) is 25.2. The Kier molecular flexibility index (Phi) is 7.79. The van der Waals surface area contributed by atoms with Crippen molar-refractivity contribution in [3.63, 3.8) is 0 Å². The fourth-order valence-corrected chi connectivity index (χ4v) is 5.26. The van der Waals surface area contributed by atoms with E-state index in [0.717, 1.165) is 23.4 Å². The number of carboxylic acid groups (broad SMARTS) is 1. The number of anilines is 1. The molecule has 2 fully saturated rings. The van der Waals surface area contributed by atoms with Gasteiger partial charge in [0.25, 0.3) is 0 Å². The average Bonchev–Trinajstić information content (AvgIpc) is 2.87. The minimum absolute atomic E-state index is 0.119. The molecule has 1 N–H and O–H groups in total. The van der Waals surface area contributed by atoms with Crippen LogP contribution in [0.4, 0.5) is 18.9 Å². The number of likely N-dealkylation sites (tertiary alicyclic amines) is 1. The van der Waals surface area contributed by atoms with E-state index in [1.165, 1.54) is 12.1 Å². The van der Waals surface area contributed by atoms with Crippen LogP contribution in [0.15, 0.2) is 54.6 Å². The van der Waals surface area contributed by atoms with Gasteiger partial charge < -0.3 is 10.0 Å². The van der Waals surface area contributed by atoms with Crippen LogP contribution in [0.3, 0.4) is 0 Å². The number of piperidine rings is 2. The van der Waals surface area contributed by atoms with Crippen LogP contribution >= 0.6 is 0 Å². The number of carbonyl (C=O) groups excluding carboxylic acids is 1. The molecule has 2 aromatic carbocycles. The van der Waals surface area contributed by atoms with E-state index in [-0.39, 0.29) is 23.7 Å². The zero-order valence-corrected chi connectivity index (χ0v) is 19.6. The molecule has 0 spiro atoms. The van der Waals surface area contributed by atoms with Crippen LogP contribution in [0.5, 0.6) is 0 Å². The van der Waals surface area contributed by atoms with Gasteiger partial charge in [-0.1, -0.05) is 30.3 Å². The lowest BCUT2D eigenvalue weighted by atomic mass is 9.84. The number of alkyl halides is 3. The summed E-state index contributed by atoms with van der Waals surface area (Å²) in [6, 6.07) is 14.8. The molecule has 0 saturated carbocycles. The molecular weight excluding hydrogens is 457 g/mol. The van der Waals surface area contributed by atoms with Crippen molar-refractivity contribution in [2.75, 3.05) is 31.1 Å². The van der Waals surface area contributed by atoms with E-state index in [1.54, 1.807) is 0 Å². The van der Waals surface area contributed by atoms with E-state index in [2.05, 4.69) is 4.90 Å². The summed E-state index contributed by atoms with van der Waals surface area (Å²) >= 11 is 0. The Hall–Kier alpha value is -2.87. The Bertz CT molecular complexity index is 995. The maximum absolute atomic E-state index is 13.7. The second kappa shape index (κ2) is 10.8. The Balaban J connectivity index is 1.41. The number of carboxylic acids is 1. The maximum atomic E-state index is 13.7. The predicted octanol–water partition coefficient (Wildman–Crippen LogP) is 4.90. The largest absolute Gasteiger partial charge is 0.481 e. The van der Waals surface area contributed by atoms with Gasteiger partial charge >= 0.3 is 12.1 Å². The summed E-state index contributed by atoms with van der Waals surface area (Å²) in [4.78, 5) is 29.3. The second-order valence-electron chi connectivity index (χ2n) is 9.56. The van der Waals surface area contributed by atoms with E-state index in [0.29, 0.717) is 58.3 Å². The summed E-state index contributed by atoms with van der Waals surface area (Å²) in [6.07, 6.45) is -1.38. The Morgan fingerprint density at radius 2 is 1.43 bits per heavy atom. The van der Waals surface area contributed by atoms with Crippen molar-refractivity contribution in [1.29, 1.82) is 0 Å². The molecule has 0 bridgehead atoms. The van der Waals surface area contributed by atoms with Crippen LogP contribution in [-0.4, -0.2) is 54.0 Å². The number of benzene rings is 2. The summed E-state index contributed by atoms with van der Waals surface area (Å²) in [5.41, 5.74) is 1.15. The SMILES string of the molecule is O=C(O)C1CCN(C(Cc2ccccc2)C(=O)C2CCN(c3ccc(C(F)(F)F)cc3)CC2)CC1. The van der Waals surface area contributed by atoms with Crippen LogP contribution in [-0.2, 0) is 22.2 Å². The number of rotatable bonds is 7. The highest BCUT2D eigenvalue weighted by molar-refractivity contribution is 5.87. The molecule has 2 aromatic rings. The Morgan fingerprint density at radius 3 is 1.97 bits per heavy atom. The van der Waals surface area contributed by atoms with Gasteiger partial charge in [0, 0.05) is 24.7 Å². The van der Waals surface area contributed by atoms with E-state index < -0.39 is 17.7 Å². The highest BCUT2D eigenvalue weighted by Gasteiger charge is 2.36. The number of halogens is 3. The normalized spacial score (nSPS) is 19.5. The highest BCUT2D eigenvalue weighted by atomic mass is 19.4. The van der Waals surface area contributed by atoms with Gasteiger partial charge in [-0.3, -0.25) is 14.5 Å². The first-order valence-corrected chi connectivity index (χ1v) is 12.2. The molecule has 0 amide bonds. The van der Waals surface area contributed by atoms with Crippen molar-refractivity contribution in [2.45, 2.75) is 44.3 Å². The molecule has 0 radical (unpaired) electrons. The van der Waals surface area contributed by atoms with Gasteiger partial charge in [0.2, 0.25) is 0 Å². The molecule has 4 rings (SSSR count). The molecule has 8 heteroatoms. The third kappa shape index (κ3) is 6.23. The fourth-order valence-electron chi connectivity index (χ4n) is 5.26.